The van der Waals surface area contributed by atoms with E-state index >= 15 is 0 Å². The van der Waals surface area contributed by atoms with Gasteiger partial charge in [0.05, 0.1) is 24.4 Å². The molecule has 0 amide bonds. The molecule has 0 saturated carbocycles. The van der Waals surface area contributed by atoms with Crippen molar-refractivity contribution in [2.24, 2.45) is 0 Å². The second-order valence-corrected chi connectivity index (χ2v) is 6.78. The van der Waals surface area contributed by atoms with E-state index in [4.69, 9.17) is 18.8 Å². The maximum absolute atomic E-state index is 14.5. The van der Waals surface area contributed by atoms with Crippen LogP contribution in [-0.4, -0.2) is 31.5 Å². The molecule has 0 bridgehead atoms. The molecule has 1 aliphatic heterocycles. The summed E-state index contributed by atoms with van der Waals surface area (Å²) in [6.07, 6.45) is -0.0732. The Kier molecular flexibility index (Phi) is 4.46. The van der Waals surface area contributed by atoms with Gasteiger partial charge in [-0.1, -0.05) is 0 Å². The molecule has 1 fully saturated rings. The lowest BCUT2D eigenvalue weighted by atomic mass is 9.78. The van der Waals surface area contributed by atoms with Gasteiger partial charge in [0.25, 0.3) is 0 Å². The molecule has 1 aromatic rings. The lowest BCUT2D eigenvalue weighted by Gasteiger charge is -2.32. The van der Waals surface area contributed by atoms with Crippen molar-refractivity contribution in [3.05, 3.63) is 17.9 Å². The van der Waals surface area contributed by atoms with Crippen LogP contribution in [0.25, 0.3) is 0 Å². The summed E-state index contributed by atoms with van der Waals surface area (Å²) in [5.74, 6) is 0.394. The Morgan fingerprint density at radius 3 is 2.05 bits per heavy atom. The summed E-state index contributed by atoms with van der Waals surface area (Å²) in [6.45, 7) is 11.5. The highest BCUT2D eigenvalue weighted by atomic mass is 19.1. The molecule has 6 heteroatoms. The minimum atomic E-state index is -0.771. The first-order valence-corrected chi connectivity index (χ1v) is 7.47. The first-order chi connectivity index (χ1) is 10.1. The fraction of sp³-hybridized carbons (Fsp3) is 0.625. The minimum absolute atomic E-state index is 0.0732. The van der Waals surface area contributed by atoms with E-state index in [1.54, 1.807) is 6.07 Å². The Labute approximate surface area is 132 Å². The van der Waals surface area contributed by atoms with E-state index < -0.39 is 24.1 Å². The van der Waals surface area contributed by atoms with Crippen LogP contribution in [0, 0.1) is 5.82 Å². The molecule has 1 aliphatic rings. The largest absolute Gasteiger partial charge is 0.497 e. The topological polar surface area (TPSA) is 36.9 Å². The molecule has 0 N–H and O–H groups in total. The van der Waals surface area contributed by atoms with Gasteiger partial charge in [0.1, 0.15) is 5.82 Å². The third kappa shape index (κ3) is 3.08. The van der Waals surface area contributed by atoms with Crippen LogP contribution >= 0.6 is 0 Å². The van der Waals surface area contributed by atoms with E-state index in [0.717, 1.165) is 0 Å². The SMILES string of the molecule is COc1cc(B2OC(C)(C)C(C)(C)O2)c(F)cc1OC(C)C. The second-order valence-electron chi connectivity index (χ2n) is 6.78. The van der Waals surface area contributed by atoms with Crippen molar-refractivity contribution in [3.8, 4) is 11.5 Å². The smallest absolute Gasteiger partial charge is 0.493 e. The van der Waals surface area contributed by atoms with Gasteiger partial charge in [-0.25, -0.2) is 4.39 Å². The van der Waals surface area contributed by atoms with Crippen LogP contribution in [0.2, 0.25) is 0 Å². The average molecular weight is 310 g/mol. The molecule has 0 aliphatic carbocycles. The predicted octanol–water partition coefficient (Wildman–Crippen LogP) is 2.92. The molecule has 1 aromatic carbocycles. The highest BCUT2D eigenvalue weighted by molar-refractivity contribution is 6.62. The van der Waals surface area contributed by atoms with Crippen molar-refractivity contribution in [3.63, 3.8) is 0 Å². The Balaban J connectivity index is 2.37. The van der Waals surface area contributed by atoms with Gasteiger partial charge in [-0.05, 0) is 47.6 Å². The number of halogens is 1. The highest BCUT2D eigenvalue weighted by Gasteiger charge is 2.52. The minimum Gasteiger partial charge on any atom is -0.493 e. The van der Waals surface area contributed by atoms with E-state index in [1.165, 1.54) is 13.2 Å². The molecule has 0 unspecified atom stereocenters. The second kappa shape index (κ2) is 5.74. The maximum atomic E-state index is 14.5. The Bertz CT molecular complexity index is 541. The van der Waals surface area contributed by atoms with E-state index in [9.17, 15) is 4.39 Å². The lowest BCUT2D eigenvalue weighted by Crippen LogP contribution is -2.41. The van der Waals surface area contributed by atoms with Gasteiger partial charge in [-0.3, -0.25) is 0 Å². The van der Waals surface area contributed by atoms with Crippen LogP contribution in [0.15, 0.2) is 12.1 Å². The highest BCUT2D eigenvalue weighted by Crippen LogP contribution is 2.37. The van der Waals surface area contributed by atoms with Gasteiger partial charge in [0, 0.05) is 11.5 Å². The molecule has 4 nitrogen and oxygen atoms in total. The normalized spacial score (nSPS) is 19.6. The third-order valence-electron chi connectivity index (χ3n) is 4.15. The van der Waals surface area contributed by atoms with Crippen LogP contribution < -0.4 is 14.9 Å². The van der Waals surface area contributed by atoms with Crippen molar-refractivity contribution in [1.29, 1.82) is 0 Å². The summed E-state index contributed by atoms with van der Waals surface area (Å²) in [6, 6.07) is 2.90. The van der Waals surface area contributed by atoms with Crippen molar-refractivity contribution in [1.82, 2.24) is 0 Å². The molecule has 122 valence electrons. The molecule has 0 radical (unpaired) electrons. The van der Waals surface area contributed by atoms with Gasteiger partial charge in [0.15, 0.2) is 11.5 Å². The fourth-order valence-corrected chi connectivity index (χ4v) is 2.21. The summed E-state index contributed by atoms with van der Waals surface area (Å²) in [7, 11) is 0.751. The number of hydrogen-bond donors (Lipinski definition) is 0. The zero-order valence-corrected chi connectivity index (χ0v) is 14.3. The molecular weight excluding hydrogens is 286 g/mol. The molecule has 22 heavy (non-hydrogen) atoms. The number of benzene rings is 1. The molecule has 1 saturated heterocycles. The third-order valence-corrected chi connectivity index (χ3v) is 4.15. The van der Waals surface area contributed by atoms with Gasteiger partial charge < -0.3 is 18.8 Å². The Morgan fingerprint density at radius 1 is 1.05 bits per heavy atom. The van der Waals surface area contributed by atoms with Gasteiger partial charge in [0.2, 0.25) is 0 Å². The van der Waals surface area contributed by atoms with Crippen molar-refractivity contribution >= 4 is 12.6 Å². The zero-order valence-electron chi connectivity index (χ0n) is 14.3. The first kappa shape index (κ1) is 17.1. The molecular formula is C16H24BFO4. The van der Waals surface area contributed by atoms with Crippen LogP contribution in [0.1, 0.15) is 41.5 Å². The fourth-order valence-electron chi connectivity index (χ4n) is 2.21. The molecule has 2 rings (SSSR count). The quantitative estimate of drug-likeness (QED) is 0.801. The number of methoxy groups -OCH3 is 1. The standard InChI is InChI=1S/C16H24BFO4/c1-10(2)20-14-9-12(18)11(8-13(14)19-7)17-21-15(3,4)16(5,6)22-17/h8-10H,1-7H3. The van der Waals surface area contributed by atoms with E-state index in [0.29, 0.717) is 17.0 Å². The van der Waals surface area contributed by atoms with E-state index in [1.807, 2.05) is 41.5 Å². The summed E-state index contributed by atoms with van der Waals surface area (Å²) in [5, 5.41) is 0. The van der Waals surface area contributed by atoms with Crippen molar-refractivity contribution in [2.75, 3.05) is 7.11 Å². The van der Waals surface area contributed by atoms with Gasteiger partial charge >= 0.3 is 7.12 Å². The number of ether oxygens (including phenoxy) is 2. The van der Waals surface area contributed by atoms with E-state index in [2.05, 4.69) is 0 Å². The van der Waals surface area contributed by atoms with Crippen molar-refractivity contribution in [2.45, 2.75) is 58.8 Å². The summed E-state index contributed by atoms with van der Waals surface area (Å²) >= 11 is 0. The molecule has 0 atom stereocenters. The lowest BCUT2D eigenvalue weighted by molar-refractivity contribution is 0.00578. The van der Waals surface area contributed by atoms with Crippen LogP contribution in [0.3, 0.4) is 0 Å². The van der Waals surface area contributed by atoms with Crippen LogP contribution in [0.4, 0.5) is 4.39 Å². The Morgan fingerprint density at radius 2 is 1.59 bits per heavy atom. The summed E-state index contributed by atoms with van der Waals surface area (Å²) in [5.41, 5.74) is -0.735. The molecule has 1 heterocycles. The van der Waals surface area contributed by atoms with Gasteiger partial charge in [-0.2, -0.15) is 0 Å². The number of rotatable bonds is 4. The number of hydrogen-bond acceptors (Lipinski definition) is 4. The maximum Gasteiger partial charge on any atom is 0.497 e. The predicted molar refractivity (Wildman–Crippen MR) is 84.4 cm³/mol. The summed E-state index contributed by atoms with van der Waals surface area (Å²) < 4.78 is 37.1. The van der Waals surface area contributed by atoms with E-state index in [-0.39, 0.29) is 6.10 Å². The van der Waals surface area contributed by atoms with Crippen molar-refractivity contribution < 1.29 is 23.2 Å². The molecule has 0 spiro atoms. The van der Waals surface area contributed by atoms with Crippen LogP contribution in [-0.2, 0) is 9.31 Å². The summed E-state index contributed by atoms with van der Waals surface area (Å²) in [4.78, 5) is 0. The van der Waals surface area contributed by atoms with Gasteiger partial charge in [-0.15, -0.1) is 0 Å². The average Bonchev–Trinajstić information content (AvgIpc) is 2.57. The monoisotopic (exact) mass is 310 g/mol. The molecule has 0 aromatic heterocycles. The Hall–Kier alpha value is -1.27. The van der Waals surface area contributed by atoms with Crippen LogP contribution in [0.5, 0.6) is 11.5 Å². The first-order valence-electron chi connectivity index (χ1n) is 7.47. The zero-order chi connectivity index (χ0) is 16.7.